The Morgan fingerprint density at radius 2 is 1.50 bits per heavy atom. The number of hydrogen-bond acceptors (Lipinski definition) is 4. The van der Waals surface area contributed by atoms with Gasteiger partial charge in [0, 0.05) is 37.9 Å². The second-order valence-corrected chi connectivity index (χ2v) is 8.22. The molecule has 1 unspecified atom stereocenters. The van der Waals surface area contributed by atoms with Gasteiger partial charge < -0.3 is 11.1 Å². The van der Waals surface area contributed by atoms with Crippen LogP contribution < -0.4 is 11.1 Å². The number of benzene rings is 1. The second kappa shape index (κ2) is 10.2. The average molecular weight is 460 g/mol. The van der Waals surface area contributed by atoms with Crippen molar-refractivity contribution < 1.29 is 26.3 Å². The van der Waals surface area contributed by atoms with E-state index in [0.717, 1.165) is 37.1 Å². The van der Waals surface area contributed by atoms with Crippen molar-refractivity contribution in [1.29, 1.82) is 0 Å². The zero-order chi connectivity index (χ0) is 23.4. The largest absolute Gasteiger partial charge is 0.416 e. The summed E-state index contributed by atoms with van der Waals surface area (Å²) in [5.74, 6) is 0.589. The van der Waals surface area contributed by atoms with E-state index in [1.165, 1.54) is 19.0 Å². The normalized spacial score (nSPS) is 16.5. The van der Waals surface area contributed by atoms with Crippen LogP contribution in [0.5, 0.6) is 0 Å². The zero-order valence-electron chi connectivity index (χ0n) is 17.4. The molecular formula is C22H26F6N4. The molecule has 1 atom stereocenters. The summed E-state index contributed by atoms with van der Waals surface area (Å²) >= 11 is 0. The molecule has 1 saturated carbocycles. The molecule has 0 aliphatic heterocycles. The molecule has 0 saturated heterocycles. The van der Waals surface area contributed by atoms with Crippen molar-refractivity contribution >= 4 is 0 Å². The Kier molecular flexibility index (Phi) is 7.76. The maximum Gasteiger partial charge on any atom is 0.416 e. The molecule has 0 radical (unpaired) electrons. The van der Waals surface area contributed by atoms with Gasteiger partial charge in [0.15, 0.2) is 0 Å². The van der Waals surface area contributed by atoms with Gasteiger partial charge in [-0.25, -0.2) is 0 Å². The molecule has 1 heterocycles. The quantitative estimate of drug-likeness (QED) is 0.516. The first-order chi connectivity index (χ1) is 15.1. The van der Waals surface area contributed by atoms with E-state index in [9.17, 15) is 26.3 Å². The molecule has 1 aliphatic carbocycles. The number of aromatic nitrogens is 2. The Bertz CT molecular complexity index is 858. The summed E-state index contributed by atoms with van der Waals surface area (Å²) in [6.07, 6.45) is -1.06. The molecular weight excluding hydrogens is 434 g/mol. The average Bonchev–Trinajstić information content (AvgIpc) is 3.24. The highest BCUT2D eigenvalue weighted by Crippen LogP contribution is 2.36. The maximum absolute atomic E-state index is 13.1. The third-order valence-electron chi connectivity index (χ3n) is 5.84. The molecule has 1 aliphatic rings. The van der Waals surface area contributed by atoms with Crippen LogP contribution in [0, 0.1) is 5.92 Å². The summed E-state index contributed by atoms with van der Waals surface area (Å²) < 4.78 is 78.3. The van der Waals surface area contributed by atoms with E-state index >= 15 is 0 Å². The van der Waals surface area contributed by atoms with E-state index in [-0.39, 0.29) is 30.6 Å². The Morgan fingerprint density at radius 3 is 2.06 bits per heavy atom. The van der Waals surface area contributed by atoms with Gasteiger partial charge in [0.05, 0.1) is 22.5 Å². The van der Waals surface area contributed by atoms with E-state index in [1.54, 1.807) is 6.20 Å². The van der Waals surface area contributed by atoms with Crippen LogP contribution in [-0.4, -0.2) is 16.5 Å². The molecule has 10 heteroatoms. The van der Waals surface area contributed by atoms with Gasteiger partial charge in [0.1, 0.15) is 0 Å². The van der Waals surface area contributed by atoms with Crippen LogP contribution in [0.4, 0.5) is 26.3 Å². The van der Waals surface area contributed by atoms with Gasteiger partial charge in [0.25, 0.3) is 0 Å². The lowest BCUT2D eigenvalue weighted by molar-refractivity contribution is -0.143. The third-order valence-corrected chi connectivity index (χ3v) is 5.84. The minimum Gasteiger partial charge on any atom is -0.330 e. The summed E-state index contributed by atoms with van der Waals surface area (Å²) in [5, 5.41) is 2.91. The van der Waals surface area contributed by atoms with Crippen molar-refractivity contribution in [2.24, 2.45) is 11.7 Å². The summed E-state index contributed by atoms with van der Waals surface area (Å²) in [6, 6.07) is 1.57. The van der Waals surface area contributed by atoms with E-state index in [1.807, 2.05) is 0 Å². The fraction of sp³-hybridized carbons (Fsp3) is 0.545. The van der Waals surface area contributed by atoms with E-state index in [0.29, 0.717) is 18.2 Å². The predicted octanol–water partition coefficient (Wildman–Crippen LogP) is 5.43. The van der Waals surface area contributed by atoms with Gasteiger partial charge in [-0.2, -0.15) is 26.3 Å². The highest BCUT2D eigenvalue weighted by atomic mass is 19.4. The van der Waals surface area contributed by atoms with Gasteiger partial charge >= 0.3 is 12.4 Å². The van der Waals surface area contributed by atoms with Crippen molar-refractivity contribution in [1.82, 2.24) is 15.3 Å². The molecule has 3 rings (SSSR count). The Hall–Kier alpha value is -2.20. The number of rotatable bonds is 8. The molecule has 4 nitrogen and oxygen atoms in total. The first-order valence-corrected chi connectivity index (χ1v) is 10.6. The SMILES string of the molecule is NCC(CC1CCCC1)c1nccnc1CNCc1cc(C(F)(F)F)cc(C(F)(F)F)c1. The van der Waals surface area contributed by atoms with Crippen molar-refractivity contribution in [3.05, 3.63) is 58.7 Å². The van der Waals surface area contributed by atoms with Crippen LogP contribution >= 0.6 is 0 Å². The van der Waals surface area contributed by atoms with E-state index in [4.69, 9.17) is 5.73 Å². The van der Waals surface area contributed by atoms with Gasteiger partial charge in [-0.05, 0) is 36.1 Å². The minimum absolute atomic E-state index is 0.00832. The van der Waals surface area contributed by atoms with Crippen LogP contribution in [0.25, 0.3) is 0 Å². The van der Waals surface area contributed by atoms with E-state index in [2.05, 4.69) is 15.3 Å². The zero-order valence-corrected chi connectivity index (χ0v) is 17.4. The van der Waals surface area contributed by atoms with Crippen LogP contribution in [0.1, 0.15) is 66.1 Å². The van der Waals surface area contributed by atoms with E-state index < -0.39 is 23.5 Å². The van der Waals surface area contributed by atoms with Gasteiger partial charge in [0.2, 0.25) is 0 Å². The van der Waals surface area contributed by atoms with Crippen LogP contribution in [0.2, 0.25) is 0 Å². The summed E-state index contributed by atoms with van der Waals surface area (Å²) in [4.78, 5) is 8.76. The predicted molar refractivity (Wildman–Crippen MR) is 107 cm³/mol. The molecule has 0 amide bonds. The number of nitrogens with one attached hydrogen (secondary N) is 1. The lowest BCUT2D eigenvalue weighted by Gasteiger charge is -2.20. The lowest BCUT2D eigenvalue weighted by atomic mass is 9.90. The Labute approximate surface area is 182 Å². The molecule has 1 aromatic heterocycles. The number of alkyl halides is 6. The minimum atomic E-state index is -4.87. The number of nitrogens with two attached hydrogens (primary N) is 1. The van der Waals surface area contributed by atoms with Crippen LogP contribution in [-0.2, 0) is 25.4 Å². The van der Waals surface area contributed by atoms with Crippen molar-refractivity contribution in [3.63, 3.8) is 0 Å². The highest BCUT2D eigenvalue weighted by Gasteiger charge is 2.36. The summed E-state index contributed by atoms with van der Waals surface area (Å²) in [7, 11) is 0. The smallest absolute Gasteiger partial charge is 0.330 e. The van der Waals surface area contributed by atoms with Gasteiger partial charge in [-0.3, -0.25) is 9.97 Å². The number of nitrogens with zero attached hydrogens (tertiary/aromatic N) is 2. The van der Waals surface area contributed by atoms with Gasteiger partial charge in [-0.15, -0.1) is 0 Å². The van der Waals surface area contributed by atoms with Crippen molar-refractivity contribution in [3.8, 4) is 0 Å². The molecule has 1 fully saturated rings. The van der Waals surface area contributed by atoms with Crippen LogP contribution in [0.3, 0.4) is 0 Å². The van der Waals surface area contributed by atoms with Crippen LogP contribution in [0.15, 0.2) is 30.6 Å². The van der Waals surface area contributed by atoms with Crippen molar-refractivity contribution in [2.75, 3.05) is 6.54 Å². The number of hydrogen-bond donors (Lipinski definition) is 2. The summed E-state index contributed by atoms with van der Waals surface area (Å²) in [6.45, 7) is 0.367. The summed E-state index contributed by atoms with van der Waals surface area (Å²) in [5.41, 5.74) is 4.55. The molecule has 2 aromatic rings. The topological polar surface area (TPSA) is 63.8 Å². The lowest BCUT2D eigenvalue weighted by Crippen LogP contribution is -2.22. The molecule has 32 heavy (non-hydrogen) atoms. The van der Waals surface area contributed by atoms with Gasteiger partial charge in [-0.1, -0.05) is 25.7 Å². The molecule has 0 bridgehead atoms. The second-order valence-electron chi connectivity index (χ2n) is 8.22. The Morgan fingerprint density at radius 1 is 0.906 bits per heavy atom. The third kappa shape index (κ3) is 6.41. The molecule has 1 aromatic carbocycles. The number of halogens is 6. The van der Waals surface area contributed by atoms with Crippen molar-refractivity contribution in [2.45, 2.75) is 63.5 Å². The standard InChI is InChI=1S/C22H26F6N4/c23-21(24,25)17-8-15(9-18(10-17)22(26,27)28)12-30-13-19-20(32-6-5-31-19)16(11-29)7-14-3-1-2-4-14/h5-6,8-10,14,16,30H,1-4,7,11-13,29H2. The Balaban J connectivity index is 1.73. The molecule has 176 valence electrons. The highest BCUT2D eigenvalue weighted by molar-refractivity contribution is 5.33. The molecule has 3 N–H and O–H groups in total. The fourth-order valence-corrected chi connectivity index (χ4v) is 4.27. The monoisotopic (exact) mass is 460 g/mol. The first kappa shape index (κ1) is 24.4. The fourth-order valence-electron chi connectivity index (χ4n) is 4.27. The maximum atomic E-state index is 13.1. The molecule has 0 spiro atoms. The first-order valence-electron chi connectivity index (χ1n) is 10.6.